The van der Waals surface area contributed by atoms with E-state index in [1.165, 1.54) is 30.8 Å². The van der Waals surface area contributed by atoms with Gasteiger partial charge in [0.1, 0.15) is 0 Å². The number of aryl methyl sites for hydroxylation is 1. The van der Waals surface area contributed by atoms with E-state index in [2.05, 4.69) is 49.3 Å². The summed E-state index contributed by atoms with van der Waals surface area (Å²) in [6.07, 6.45) is 3.40. The van der Waals surface area contributed by atoms with Gasteiger partial charge in [0.15, 0.2) is 0 Å². The molecule has 1 fully saturated rings. The minimum absolute atomic E-state index is 0.493. The van der Waals surface area contributed by atoms with Crippen LogP contribution in [0.4, 0.5) is 0 Å². The summed E-state index contributed by atoms with van der Waals surface area (Å²) in [7, 11) is 4.22. The van der Waals surface area contributed by atoms with Crippen molar-refractivity contribution in [2.45, 2.75) is 45.7 Å². The fourth-order valence-electron chi connectivity index (χ4n) is 3.08. The van der Waals surface area contributed by atoms with Gasteiger partial charge in [-0.15, -0.1) is 0 Å². The third-order valence-electron chi connectivity index (χ3n) is 4.15. The number of hydrogen-bond donors (Lipinski definition) is 1. The molecule has 2 atom stereocenters. The molecule has 1 saturated heterocycles. The first-order valence-electron chi connectivity index (χ1n) is 7.41. The van der Waals surface area contributed by atoms with Gasteiger partial charge < -0.3 is 10.2 Å². The van der Waals surface area contributed by atoms with Crippen LogP contribution in [0, 0.1) is 5.92 Å². The lowest BCUT2D eigenvalue weighted by Crippen LogP contribution is -2.46. The van der Waals surface area contributed by atoms with Crippen LogP contribution in [0.15, 0.2) is 6.20 Å². The van der Waals surface area contributed by atoms with Gasteiger partial charge in [-0.2, -0.15) is 5.10 Å². The van der Waals surface area contributed by atoms with Gasteiger partial charge in [-0.1, -0.05) is 20.8 Å². The Morgan fingerprint density at radius 1 is 1.42 bits per heavy atom. The largest absolute Gasteiger partial charge is 0.309 e. The average Bonchev–Trinajstić information content (AvgIpc) is 2.69. The van der Waals surface area contributed by atoms with Crippen LogP contribution in [0.1, 0.15) is 44.4 Å². The second-order valence-corrected chi connectivity index (χ2v) is 6.38. The van der Waals surface area contributed by atoms with Crippen LogP contribution in [0.2, 0.25) is 0 Å². The molecule has 0 spiro atoms. The molecule has 2 unspecified atom stereocenters. The molecule has 1 aromatic rings. The summed E-state index contributed by atoms with van der Waals surface area (Å²) in [5.74, 6) is 1.21. The minimum Gasteiger partial charge on any atom is -0.309 e. The number of likely N-dealkylation sites (tertiary alicyclic amines) is 1. The van der Waals surface area contributed by atoms with E-state index in [0.717, 1.165) is 12.5 Å². The molecule has 0 bridgehead atoms. The molecule has 0 saturated carbocycles. The molecule has 0 radical (unpaired) electrons. The molecule has 19 heavy (non-hydrogen) atoms. The van der Waals surface area contributed by atoms with Gasteiger partial charge in [0.2, 0.25) is 0 Å². The number of aromatic nitrogens is 2. The molecule has 0 aliphatic carbocycles. The second kappa shape index (κ2) is 6.06. The van der Waals surface area contributed by atoms with Gasteiger partial charge in [0.25, 0.3) is 0 Å². The van der Waals surface area contributed by atoms with Crippen LogP contribution in [0.3, 0.4) is 0 Å². The number of nitrogens with one attached hydrogen (secondary N) is 1. The first kappa shape index (κ1) is 14.5. The molecule has 1 N–H and O–H groups in total. The Bertz CT molecular complexity index is 410. The van der Waals surface area contributed by atoms with E-state index in [0.29, 0.717) is 12.0 Å². The highest BCUT2D eigenvalue weighted by Gasteiger charge is 2.24. The summed E-state index contributed by atoms with van der Waals surface area (Å²) in [4.78, 5) is 2.42. The van der Waals surface area contributed by atoms with Crippen LogP contribution in [-0.4, -0.2) is 40.9 Å². The van der Waals surface area contributed by atoms with E-state index in [-0.39, 0.29) is 0 Å². The molecule has 0 amide bonds. The highest BCUT2D eigenvalue weighted by atomic mass is 15.3. The first-order valence-corrected chi connectivity index (χ1v) is 7.41. The molecule has 4 heteroatoms. The Balaban J connectivity index is 1.95. The predicted octanol–water partition coefficient (Wildman–Crippen LogP) is 1.97. The zero-order valence-corrected chi connectivity index (χ0v) is 13.0. The molecule has 0 aromatic carbocycles. The van der Waals surface area contributed by atoms with Gasteiger partial charge in [-0.05, 0) is 31.8 Å². The lowest BCUT2D eigenvalue weighted by molar-refractivity contribution is 0.174. The number of nitrogens with zero attached hydrogens (tertiary/aromatic N) is 3. The van der Waals surface area contributed by atoms with Crippen LogP contribution >= 0.6 is 0 Å². The van der Waals surface area contributed by atoms with Crippen LogP contribution < -0.4 is 5.32 Å². The normalized spacial score (nSPS) is 25.2. The van der Waals surface area contributed by atoms with Gasteiger partial charge >= 0.3 is 0 Å². The highest BCUT2D eigenvalue weighted by molar-refractivity contribution is 5.20. The zero-order valence-electron chi connectivity index (χ0n) is 13.0. The number of rotatable bonds is 4. The van der Waals surface area contributed by atoms with E-state index in [1.807, 2.05) is 11.7 Å². The van der Waals surface area contributed by atoms with Crippen LogP contribution in [0.5, 0.6) is 0 Å². The topological polar surface area (TPSA) is 33.1 Å². The molecule has 2 heterocycles. The second-order valence-electron chi connectivity index (χ2n) is 6.38. The van der Waals surface area contributed by atoms with E-state index in [1.54, 1.807) is 0 Å². The van der Waals surface area contributed by atoms with Gasteiger partial charge in [0.05, 0.1) is 5.69 Å². The van der Waals surface area contributed by atoms with Gasteiger partial charge in [-0.25, -0.2) is 0 Å². The number of hydrogen-bond acceptors (Lipinski definition) is 3. The van der Waals surface area contributed by atoms with E-state index in [9.17, 15) is 0 Å². The Kier molecular flexibility index (Phi) is 4.63. The Morgan fingerprint density at radius 3 is 2.79 bits per heavy atom. The van der Waals surface area contributed by atoms with Crippen molar-refractivity contribution in [1.82, 2.24) is 20.0 Å². The molecular formula is C15H28N4. The predicted molar refractivity (Wildman–Crippen MR) is 79.2 cm³/mol. The van der Waals surface area contributed by atoms with Crippen molar-refractivity contribution >= 4 is 0 Å². The summed E-state index contributed by atoms with van der Waals surface area (Å²) < 4.78 is 1.93. The van der Waals surface area contributed by atoms with E-state index in [4.69, 9.17) is 0 Å². The van der Waals surface area contributed by atoms with Crippen molar-refractivity contribution in [3.8, 4) is 0 Å². The highest BCUT2D eigenvalue weighted by Crippen LogP contribution is 2.19. The SMILES string of the molecule is CC(C)c1nn(C)cc1CNC1CCN(C)CC1C. The molecular weight excluding hydrogens is 236 g/mol. The zero-order chi connectivity index (χ0) is 14.0. The van der Waals surface area contributed by atoms with E-state index < -0.39 is 0 Å². The lowest BCUT2D eigenvalue weighted by Gasteiger charge is -2.35. The summed E-state index contributed by atoms with van der Waals surface area (Å²) in [6, 6.07) is 0.636. The maximum Gasteiger partial charge on any atom is 0.0694 e. The average molecular weight is 264 g/mol. The lowest BCUT2D eigenvalue weighted by atomic mass is 9.94. The van der Waals surface area contributed by atoms with Crippen molar-refractivity contribution in [1.29, 1.82) is 0 Å². The van der Waals surface area contributed by atoms with Crippen molar-refractivity contribution in [3.63, 3.8) is 0 Å². The number of piperidine rings is 1. The molecule has 1 aliphatic rings. The summed E-state index contributed by atoms with van der Waals surface area (Å²) >= 11 is 0. The smallest absolute Gasteiger partial charge is 0.0694 e. The maximum absolute atomic E-state index is 4.57. The molecule has 4 nitrogen and oxygen atoms in total. The summed E-state index contributed by atoms with van der Waals surface area (Å²) in [6.45, 7) is 10.1. The van der Waals surface area contributed by atoms with Crippen LogP contribution in [0.25, 0.3) is 0 Å². The van der Waals surface area contributed by atoms with Crippen molar-refractivity contribution < 1.29 is 0 Å². The first-order chi connectivity index (χ1) is 8.97. The Labute approximate surface area is 117 Å². The molecule has 108 valence electrons. The quantitative estimate of drug-likeness (QED) is 0.902. The van der Waals surface area contributed by atoms with Gasteiger partial charge in [0, 0.05) is 37.9 Å². The third-order valence-corrected chi connectivity index (χ3v) is 4.15. The molecule has 1 aromatic heterocycles. The van der Waals surface area contributed by atoms with Gasteiger partial charge in [-0.3, -0.25) is 4.68 Å². The van der Waals surface area contributed by atoms with Crippen molar-refractivity contribution in [2.75, 3.05) is 20.1 Å². The fourth-order valence-corrected chi connectivity index (χ4v) is 3.08. The summed E-state index contributed by atoms with van der Waals surface area (Å²) in [5.41, 5.74) is 2.58. The molecule has 2 rings (SSSR count). The minimum atomic E-state index is 0.493. The Hall–Kier alpha value is -0.870. The Morgan fingerprint density at radius 2 is 2.16 bits per heavy atom. The molecule has 1 aliphatic heterocycles. The maximum atomic E-state index is 4.57. The fraction of sp³-hybridized carbons (Fsp3) is 0.800. The van der Waals surface area contributed by atoms with Crippen LogP contribution in [-0.2, 0) is 13.6 Å². The third kappa shape index (κ3) is 3.57. The monoisotopic (exact) mass is 264 g/mol. The standard InChI is InChI=1S/C15H28N4/c1-11(2)15-13(10-19(5)17-15)8-16-14-6-7-18(4)9-12(14)3/h10-12,14,16H,6-9H2,1-5H3. The summed E-state index contributed by atoms with van der Waals surface area (Å²) in [5, 5.41) is 8.31. The van der Waals surface area contributed by atoms with Crippen molar-refractivity contribution in [2.24, 2.45) is 13.0 Å². The van der Waals surface area contributed by atoms with E-state index >= 15 is 0 Å². The van der Waals surface area contributed by atoms with Crippen molar-refractivity contribution in [3.05, 3.63) is 17.5 Å².